The lowest BCUT2D eigenvalue weighted by Crippen LogP contribution is -2.41. The fraction of sp³-hybridized carbons (Fsp3) is 0.368. The molecule has 0 aliphatic carbocycles. The maximum Gasteiger partial charge on any atom is 0.257 e. The number of rotatable bonds is 4. The van der Waals surface area contributed by atoms with Crippen LogP contribution in [0, 0.1) is 12.8 Å². The van der Waals surface area contributed by atoms with Crippen molar-refractivity contribution in [2.45, 2.75) is 19.8 Å². The van der Waals surface area contributed by atoms with Gasteiger partial charge in [0.1, 0.15) is 12.0 Å². The molecule has 1 saturated heterocycles. The average molecular weight is 342 g/mol. The molecule has 25 heavy (non-hydrogen) atoms. The Bertz CT molecular complexity index is 747. The number of piperidine rings is 1. The van der Waals surface area contributed by atoms with E-state index in [9.17, 15) is 9.59 Å². The molecule has 1 fully saturated rings. The summed E-state index contributed by atoms with van der Waals surface area (Å²) in [5.41, 5.74) is 2.29. The van der Waals surface area contributed by atoms with Gasteiger partial charge in [-0.05, 0) is 43.5 Å². The Morgan fingerprint density at radius 2 is 2.00 bits per heavy atom. The van der Waals surface area contributed by atoms with Crippen LogP contribution >= 0.6 is 0 Å². The first-order valence-electron chi connectivity index (χ1n) is 8.35. The molecule has 3 rings (SSSR count). The fourth-order valence-electron chi connectivity index (χ4n) is 3.07. The molecule has 0 atom stereocenters. The third-order valence-electron chi connectivity index (χ3n) is 4.53. The Morgan fingerprint density at radius 1 is 1.24 bits per heavy atom. The van der Waals surface area contributed by atoms with Gasteiger partial charge in [0.2, 0.25) is 5.91 Å². The van der Waals surface area contributed by atoms with E-state index in [0.29, 0.717) is 42.9 Å². The molecule has 1 aliphatic heterocycles. The van der Waals surface area contributed by atoms with E-state index in [4.69, 9.17) is 9.15 Å². The Hall–Kier alpha value is -2.76. The first-order valence-corrected chi connectivity index (χ1v) is 8.35. The predicted molar refractivity (Wildman–Crippen MR) is 93.7 cm³/mol. The van der Waals surface area contributed by atoms with Crippen molar-refractivity contribution in [3.63, 3.8) is 0 Å². The Kier molecular flexibility index (Phi) is 5.07. The molecule has 0 bridgehead atoms. The zero-order valence-electron chi connectivity index (χ0n) is 14.5. The number of aryl methyl sites for hydroxylation is 1. The third kappa shape index (κ3) is 3.84. The average Bonchev–Trinajstić information content (AvgIpc) is 3.16. The van der Waals surface area contributed by atoms with Gasteiger partial charge in [0.05, 0.1) is 24.6 Å². The second-order valence-corrected chi connectivity index (χ2v) is 6.27. The lowest BCUT2D eigenvalue weighted by molar-refractivity contribution is -0.121. The third-order valence-corrected chi connectivity index (χ3v) is 4.53. The number of anilines is 1. The number of furan rings is 1. The molecule has 1 aromatic carbocycles. The minimum atomic E-state index is -0.112. The number of carbonyl (C=O) groups excluding carboxylic acids is 2. The lowest BCUT2D eigenvalue weighted by Gasteiger charge is -2.31. The van der Waals surface area contributed by atoms with Crippen molar-refractivity contribution >= 4 is 17.5 Å². The number of likely N-dealkylation sites (tertiary alicyclic amines) is 1. The summed E-state index contributed by atoms with van der Waals surface area (Å²) in [6.07, 6.45) is 4.22. The summed E-state index contributed by atoms with van der Waals surface area (Å²) < 4.78 is 10.3. The van der Waals surface area contributed by atoms with E-state index in [1.165, 1.54) is 12.5 Å². The summed E-state index contributed by atoms with van der Waals surface area (Å²) >= 11 is 0. The molecular formula is C19H22N2O4. The zero-order valence-corrected chi connectivity index (χ0v) is 14.5. The normalized spacial score (nSPS) is 15.0. The van der Waals surface area contributed by atoms with E-state index in [0.717, 1.165) is 5.56 Å². The van der Waals surface area contributed by atoms with Crippen LogP contribution in [0.3, 0.4) is 0 Å². The van der Waals surface area contributed by atoms with E-state index in [1.807, 2.05) is 25.1 Å². The summed E-state index contributed by atoms with van der Waals surface area (Å²) in [7, 11) is 1.58. The Balaban J connectivity index is 1.59. The summed E-state index contributed by atoms with van der Waals surface area (Å²) in [5, 5.41) is 2.96. The van der Waals surface area contributed by atoms with Gasteiger partial charge < -0.3 is 19.4 Å². The first kappa shape index (κ1) is 17.1. The molecule has 1 aromatic heterocycles. The molecule has 6 nitrogen and oxygen atoms in total. The largest absolute Gasteiger partial charge is 0.495 e. The standard InChI is InChI=1S/C19H22N2O4/c1-13-3-4-17(24-2)16(11-13)20-18(22)14-5-8-21(9-6-14)19(23)15-7-10-25-12-15/h3-4,7,10-12,14H,5-6,8-9H2,1-2H3,(H,20,22). The van der Waals surface area contributed by atoms with E-state index in [2.05, 4.69) is 5.32 Å². The van der Waals surface area contributed by atoms with E-state index < -0.39 is 0 Å². The maximum atomic E-state index is 12.6. The van der Waals surface area contributed by atoms with Crippen molar-refractivity contribution in [2.24, 2.45) is 5.92 Å². The highest BCUT2D eigenvalue weighted by molar-refractivity contribution is 5.95. The van der Waals surface area contributed by atoms with Gasteiger partial charge in [0.15, 0.2) is 0 Å². The van der Waals surface area contributed by atoms with E-state index in [-0.39, 0.29) is 17.7 Å². The predicted octanol–water partition coefficient (Wildman–Crippen LogP) is 3.09. The quantitative estimate of drug-likeness (QED) is 0.927. The molecule has 1 N–H and O–H groups in total. The van der Waals surface area contributed by atoms with Gasteiger partial charge in [-0.25, -0.2) is 0 Å². The fourth-order valence-corrected chi connectivity index (χ4v) is 3.07. The topological polar surface area (TPSA) is 71.8 Å². The molecule has 132 valence electrons. The first-order chi connectivity index (χ1) is 12.1. The van der Waals surface area contributed by atoms with Crippen LogP contribution < -0.4 is 10.1 Å². The number of hydrogen-bond acceptors (Lipinski definition) is 4. The van der Waals surface area contributed by atoms with Crippen molar-refractivity contribution in [2.75, 3.05) is 25.5 Å². The molecular weight excluding hydrogens is 320 g/mol. The summed E-state index contributed by atoms with van der Waals surface area (Å²) in [5.74, 6) is 0.456. The van der Waals surface area contributed by atoms with E-state index >= 15 is 0 Å². The Morgan fingerprint density at radius 3 is 2.64 bits per heavy atom. The van der Waals surface area contributed by atoms with Crippen molar-refractivity contribution in [3.05, 3.63) is 47.9 Å². The van der Waals surface area contributed by atoms with E-state index in [1.54, 1.807) is 18.1 Å². The number of methoxy groups -OCH3 is 1. The van der Waals surface area contributed by atoms with Crippen LogP contribution in [-0.2, 0) is 4.79 Å². The molecule has 0 saturated carbocycles. The molecule has 2 amide bonds. The summed E-state index contributed by atoms with van der Waals surface area (Å²) in [6.45, 7) is 3.09. The van der Waals surface area contributed by atoms with Gasteiger partial charge in [-0.15, -0.1) is 0 Å². The highest BCUT2D eigenvalue weighted by atomic mass is 16.5. The molecule has 2 heterocycles. The Labute approximate surface area is 146 Å². The van der Waals surface area contributed by atoms with Crippen LogP contribution in [0.5, 0.6) is 5.75 Å². The number of nitrogens with one attached hydrogen (secondary N) is 1. The van der Waals surface area contributed by atoms with Crippen molar-refractivity contribution in [1.82, 2.24) is 4.90 Å². The molecule has 0 unspecified atom stereocenters. The SMILES string of the molecule is COc1ccc(C)cc1NC(=O)C1CCN(C(=O)c2ccoc2)CC1. The van der Waals surface area contributed by atoms with Crippen LogP contribution in [0.15, 0.2) is 41.2 Å². The highest BCUT2D eigenvalue weighted by Crippen LogP contribution is 2.27. The smallest absolute Gasteiger partial charge is 0.257 e. The van der Waals surface area contributed by atoms with Gasteiger partial charge in [0, 0.05) is 19.0 Å². The van der Waals surface area contributed by atoms with Crippen LogP contribution in [0.2, 0.25) is 0 Å². The number of benzene rings is 1. The van der Waals surface area contributed by atoms with Crippen LogP contribution in [0.4, 0.5) is 5.69 Å². The number of amides is 2. The minimum absolute atomic E-state index is 0.0284. The molecule has 2 aromatic rings. The van der Waals surface area contributed by atoms with Gasteiger partial charge in [-0.3, -0.25) is 9.59 Å². The molecule has 1 aliphatic rings. The minimum Gasteiger partial charge on any atom is -0.495 e. The second-order valence-electron chi connectivity index (χ2n) is 6.27. The summed E-state index contributed by atoms with van der Waals surface area (Å²) in [6, 6.07) is 7.34. The summed E-state index contributed by atoms with van der Waals surface area (Å²) in [4.78, 5) is 26.6. The number of ether oxygens (including phenoxy) is 1. The van der Waals surface area contributed by atoms with Crippen molar-refractivity contribution < 1.29 is 18.7 Å². The van der Waals surface area contributed by atoms with Crippen molar-refractivity contribution in [1.29, 1.82) is 0 Å². The highest BCUT2D eigenvalue weighted by Gasteiger charge is 2.28. The zero-order chi connectivity index (χ0) is 17.8. The van der Waals surface area contributed by atoms with Gasteiger partial charge >= 0.3 is 0 Å². The number of carbonyl (C=O) groups is 2. The molecule has 0 radical (unpaired) electrons. The lowest BCUT2D eigenvalue weighted by atomic mass is 9.95. The second kappa shape index (κ2) is 7.42. The number of hydrogen-bond donors (Lipinski definition) is 1. The van der Waals surface area contributed by atoms with Gasteiger partial charge in [-0.2, -0.15) is 0 Å². The van der Waals surface area contributed by atoms with Gasteiger partial charge in [0.25, 0.3) is 5.91 Å². The van der Waals surface area contributed by atoms with Crippen LogP contribution in [-0.4, -0.2) is 36.9 Å². The monoisotopic (exact) mass is 342 g/mol. The molecule has 6 heteroatoms. The van der Waals surface area contributed by atoms with Gasteiger partial charge in [-0.1, -0.05) is 6.07 Å². The van der Waals surface area contributed by atoms with Crippen molar-refractivity contribution in [3.8, 4) is 5.75 Å². The maximum absolute atomic E-state index is 12.6. The van der Waals surface area contributed by atoms with Crippen LogP contribution in [0.1, 0.15) is 28.8 Å². The van der Waals surface area contributed by atoms with Crippen LogP contribution in [0.25, 0.3) is 0 Å². The molecule has 0 spiro atoms. The number of nitrogens with zero attached hydrogens (tertiary/aromatic N) is 1.